The summed E-state index contributed by atoms with van der Waals surface area (Å²) in [4.78, 5) is 0. The number of terminal acetylenes is 1. The van der Waals surface area contributed by atoms with Crippen molar-refractivity contribution in [3.8, 4) is 12.3 Å². The molecule has 76 valence electrons. The summed E-state index contributed by atoms with van der Waals surface area (Å²) in [5, 5.41) is 3.90. The molecule has 0 aromatic heterocycles. The molecule has 1 nitrogen and oxygen atoms in total. The van der Waals surface area contributed by atoms with Crippen molar-refractivity contribution in [3.05, 3.63) is 0 Å². The van der Waals surface area contributed by atoms with Gasteiger partial charge in [0.2, 0.25) is 0 Å². The summed E-state index contributed by atoms with van der Waals surface area (Å²) in [6.45, 7) is 6.21. The van der Waals surface area contributed by atoms with Gasteiger partial charge in [-0.1, -0.05) is 32.6 Å². The number of hydrogen-bond donors (Lipinski definition) is 1. The Labute approximate surface area is 87.1 Å². The Hall–Kier alpha value is -0.130. The number of hydrogen-bond acceptors (Lipinski definition) is 2. The second-order valence-electron chi connectivity index (χ2n) is 3.22. The second-order valence-corrected chi connectivity index (χ2v) is 4.77. The minimum atomic E-state index is 0.685. The number of nitrogens with one attached hydrogen (secondary N) is 1. The van der Waals surface area contributed by atoms with Crippen LogP contribution in [0.4, 0.5) is 0 Å². The fraction of sp³-hybridized carbons (Fsp3) is 0.818. The molecule has 2 heteroatoms. The first kappa shape index (κ1) is 12.9. The maximum Gasteiger partial charge on any atom is 0.0574 e. The molecule has 0 saturated heterocycles. The van der Waals surface area contributed by atoms with Crippen LogP contribution in [0, 0.1) is 12.3 Å². The monoisotopic (exact) mass is 199 g/mol. The van der Waals surface area contributed by atoms with Crippen molar-refractivity contribution >= 4 is 11.8 Å². The highest BCUT2D eigenvalue weighted by Gasteiger charge is 2.00. The molecule has 0 aliphatic heterocycles. The Morgan fingerprint density at radius 1 is 1.46 bits per heavy atom. The lowest BCUT2D eigenvalue weighted by Gasteiger charge is -2.10. The van der Waals surface area contributed by atoms with Crippen molar-refractivity contribution in [1.82, 2.24) is 5.32 Å². The largest absolute Gasteiger partial charge is 0.305 e. The van der Waals surface area contributed by atoms with Crippen molar-refractivity contribution in [3.63, 3.8) is 0 Å². The van der Waals surface area contributed by atoms with Gasteiger partial charge in [-0.3, -0.25) is 0 Å². The molecule has 0 aromatic rings. The van der Waals surface area contributed by atoms with E-state index < -0.39 is 0 Å². The standard InChI is InChI=1S/C11H21NS/c1-4-6-7-9-13-11(3)10-12-8-5-2/h2,11-12H,4,6-10H2,1,3H3. The van der Waals surface area contributed by atoms with Crippen LogP contribution in [0.5, 0.6) is 0 Å². The van der Waals surface area contributed by atoms with Gasteiger partial charge < -0.3 is 5.32 Å². The average molecular weight is 199 g/mol. The van der Waals surface area contributed by atoms with Crippen molar-refractivity contribution in [2.24, 2.45) is 0 Å². The molecule has 0 amide bonds. The Balaban J connectivity index is 3.11. The third kappa shape index (κ3) is 9.79. The van der Waals surface area contributed by atoms with E-state index in [4.69, 9.17) is 6.42 Å². The minimum Gasteiger partial charge on any atom is -0.305 e. The molecule has 1 atom stereocenters. The maximum absolute atomic E-state index is 5.14. The first-order chi connectivity index (χ1) is 6.31. The summed E-state index contributed by atoms with van der Waals surface area (Å²) in [7, 11) is 0. The summed E-state index contributed by atoms with van der Waals surface area (Å²) in [6, 6.07) is 0. The van der Waals surface area contributed by atoms with Crippen LogP contribution >= 0.6 is 11.8 Å². The molecule has 0 aromatic carbocycles. The van der Waals surface area contributed by atoms with Crippen LogP contribution in [0.25, 0.3) is 0 Å². The topological polar surface area (TPSA) is 12.0 Å². The molecule has 1 unspecified atom stereocenters. The summed E-state index contributed by atoms with van der Waals surface area (Å²) < 4.78 is 0. The third-order valence-electron chi connectivity index (χ3n) is 1.81. The zero-order chi connectivity index (χ0) is 9.94. The van der Waals surface area contributed by atoms with E-state index in [1.54, 1.807) is 0 Å². The summed E-state index contributed by atoms with van der Waals surface area (Å²) in [6.07, 6.45) is 9.15. The smallest absolute Gasteiger partial charge is 0.0574 e. The molecule has 0 saturated carbocycles. The normalized spacial score (nSPS) is 12.4. The molecule has 0 bridgehead atoms. The van der Waals surface area contributed by atoms with E-state index in [0.29, 0.717) is 11.8 Å². The Bertz CT molecular complexity index is 140. The Kier molecular flexibility index (Phi) is 9.85. The predicted octanol–water partition coefficient (Wildman–Crippen LogP) is 2.52. The Morgan fingerprint density at radius 3 is 2.85 bits per heavy atom. The lowest BCUT2D eigenvalue weighted by molar-refractivity contribution is 0.742. The second kappa shape index (κ2) is 9.95. The minimum absolute atomic E-state index is 0.685. The Morgan fingerprint density at radius 2 is 2.23 bits per heavy atom. The number of rotatable bonds is 8. The zero-order valence-corrected chi connectivity index (χ0v) is 9.62. The van der Waals surface area contributed by atoms with E-state index in [9.17, 15) is 0 Å². The molecule has 0 heterocycles. The van der Waals surface area contributed by atoms with Crippen LogP contribution in [0.15, 0.2) is 0 Å². The van der Waals surface area contributed by atoms with Gasteiger partial charge in [-0.25, -0.2) is 0 Å². The molecule has 1 N–H and O–H groups in total. The maximum atomic E-state index is 5.14. The van der Waals surface area contributed by atoms with Crippen LogP contribution in [0.1, 0.15) is 33.1 Å². The molecule has 0 aliphatic rings. The molecule has 0 aliphatic carbocycles. The van der Waals surface area contributed by atoms with Crippen molar-refractivity contribution < 1.29 is 0 Å². The van der Waals surface area contributed by atoms with Gasteiger partial charge in [-0.2, -0.15) is 11.8 Å². The van der Waals surface area contributed by atoms with Gasteiger partial charge >= 0.3 is 0 Å². The van der Waals surface area contributed by atoms with Gasteiger partial charge in [0.15, 0.2) is 0 Å². The lowest BCUT2D eigenvalue weighted by Crippen LogP contribution is -2.23. The number of unbranched alkanes of at least 4 members (excludes halogenated alkanes) is 2. The van der Waals surface area contributed by atoms with E-state index in [-0.39, 0.29) is 0 Å². The van der Waals surface area contributed by atoms with Gasteiger partial charge in [-0.15, -0.1) is 6.42 Å². The fourth-order valence-electron chi connectivity index (χ4n) is 1.04. The zero-order valence-electron chi connectivity index (χ0n) is 8.81. The first-order valence-corrected chi connectivity index (χ1v) is 6.12. The fourth-order valence-corrected chi connectivity index (χ4v) is 2.05. The van der Waals surface area contributed by atoms with Gasteiger partial charge in [0, 0.05) is 11.8 Å². The van der Waals surface area contributed by atoms with Crippen molar-refractivity contribution in [2.75, 3.05) is 18.8 Å². The number of thioether (sulfide) groups is 1. The molecule has 0 radical (unpaired) electrons. The quantitative estimate of drug-likeness (QED) is 0.476. The van der Waals surface area contributed by atoms with E-state index >= 15 is 0 Å². The summed E-state index contributed by atoms with van der Waals surface area (Å²) in [5.41, 5.74) is 0. The molecule has 13 heavy (non-hydrogen) atoms. The van der Waals surface area contributed by atoms with E-state index in [0.717, 1.165) is 6.54 Å². The van der Waals surface area contributed by atoms with Gasteiger partial charge in [0.1, 0.15) is 0 Å². The highest BCUT2D eigenvalue weighted by molar-refractivity contribution is 7.99. The van der Waals surface area contributed by atoms with Crippen LogP contribution < -0.4 is 5.32 Å². The average Bonchev–Trinajstić information content (AvgIpc) is 2.13. The van der Waals surface area contributed by atoms with Crippen LogP contribution in [0.3, 0.4) is 0 Å². The van der Waals surface area contributed by atoms with Crippen molar-refractivity contribution in [2.45, 2.75) is 38.4 Å². The van der Waals surface area contributed by atoms with Gasteiger partial charge in [0.25, 0.3) is 0 Å². The predicted molar refractivity (Wildman–Crippen MR) is 63.1 cm³/mol. The van der Waals surface area contributed by atoms with E-state index in [2.05, 4.69) is 25.1 Å². The van der Waals surface area contributed by atoms with E-state index in [1.165, 1.54) is 25.0 Å². The van der Waals surface area contributed by atoms with Crippen LogP contribution in [-0.4, -0.2) is 24.1 Å². The highest BCUT2D eigenvalue weighted by Crippen LogP contribution is 2.12. The van der Waals surface area contributed by atoms with Gasteiger partial charge in [-0.05, 0) is 12.2 Å². The molecular weight excluding hydrogens is 178 g/mol. The third-order valence-corrected chi connectivity index (χ3v) is 3.07. The van der Waals surface area contributed by atoms with Crippen molar-refractivity contribution in [1.29, 1.82) is 0 Å². The lowest BCUT2D eigenvalue weighted by atomic mass is 10.3. The van der Waals surface area contributed by atoms with Gasteiger partial charge in [0.05, 0.1) is 6.54 Å². The van der Waals surface area contributed by atoms with Crippen LogP contribution in [0.2, 0.25) is 0 Å². The van der Waals surface area contributed by atoms with Crippen LogP contribution in [-0.2, 0) is 0 Å². The summed E-state index contributed by atoms with van der Waals surface area (Å²) in [5.74, 6) is 3.86. The SMILES string of the molecule is C#CCNCC(C)SCCCCC. The molecular formula is C11H21NS. The molecule has 0 fully saturated rings. The summed E-state index contributed by atoms with van der Waals surface area (Å²) >= 11 is 2.04. The molecule has 0 spiro atoms. The first-order valence-electron chi connectivity index (χ1n) is 5.07. The van der Waals surface area contributed by atoms with E-state index in [1.807, 2.05) is 11.8 Å². The highest BCUT2D eigenvalue weighted by atomic mass is 32.2. The molecule has 0 rings (SSSR count).